The summed E-state index contributed by atoms with van der Waals surface area (Å²) >= 11 is 0. The molecule has 0 saturated carbocycles. The lowest BCUT2D eigenvalue weighted by Crippen LogP contribution is -2.33. The van der Waals surface area contributed by atoms with Gasteiger partial charge in [0.1, 0.15) is 0 Å². The normalized spacial score (nSPS) is 22.8. The molecule has 0 spiro atoms. The van der Waals surface area contributed by atoms with Crippen LogP contribution in [0.5, 0.6) is 0 Å². The van der Waals surface area contributed by atoms with Gasteiger partial charge in [0.05, 0.1) is 11.9 Å². The predicted molar refractivity (Wildman–Crippen MR) is 52.5 cm³/mol. The molecular formula is C8H17NO4S. The molecule has 1 atom stereocenters. The summed E-state index contributed by atoms with van der Waals surface area (Å²) in [6, 6.07) is 0. The number of nitrogens with one attached hydrogen (secondary N) is 1. The Hall–Kier alpha value is -0.170. The van der Waals surface area contributed by atoms with Gasteiger partial charge in [-0.1, -0.05) is 0 Å². The van der Waals surface area contributed by atoms with E-state index >= 15 is 0 Å². The summed E-state index contributed by atoms with van der Waals surface area (Å²) in [5.41, 5.74) is 0. The van der Waals surface area contributed by atoms with Crippen molar-refractivity contribution < 1.29 is 18.3 Å². The molecule has 14 heavy (non-hydrogen) atoms. The van der Waals surface area contributed by atoms with Crippen LogP contribution in [0, 0.1) is 0 Å². The molecular weight excluding hydrogens is 206 g/mol. The quantitative estimate of drug-likeness (QED) is 0.634. The van der Waals surface area contributed by atoms with E-state index in [9.17, 15) is 8.42 Å². The Labute approximate surface area is 84.5 Å². The van der Waals surface area contributed by atoms with Gasteiger partial charge in [0.25, 0.3) is 0 Å². The van der Waals surface area contributed by atoms with Crippen molar-refractivity contribution in [1.82, 2.24) is 4.72 Å². The van der Waals surface area contributed by atoms with Crippen molar-refractivity contribution >= 4 is 10.0 Å². The number of hydrogen-bond donors (Lipinski definition) is 2. The number of ether oxygens (including phenoxy) is 1. The first-order valence-corrected chi connectivity index (χ1v) is 6.49. The van der Waals surface area contributed by atoms with Gasteiger partial charge in [-0.05, 0) is 19.3 Å². The number of aliphatic hydroxyl groups is 1. The molecule has 1 unspecified atom stereocenters. The zero-order valence-corrected chi connectivity index (χ0v) is 8.92. The predicted octanol–water partition coefficient (Wildman–Crippen LogP) is -0.533. The van der Waals surface area contributed by atoms with Crippen molar-refractivity contribution in [3.63, 3.8) is 0 Å². The van der Waals surface area contributed by atoms with Crippen LogP contribution in [0.25, 0.3) is 0 Å². The van der Waals surface area contributed by atoms with E-state index in [1.54, 1.807) is 0 Å². The minimum Gasteiger partial charge on any atom is -0.396 e. The summed E-state index contributed by atoms with van der Waals surface area (Å²) in [4.78, 5) is 0. The number of rotatable bonds is 6. The van der Waals surface area contributed by atoms with Crippen molar-refractivity contribution in [2.24, 2.45) is 0 Å². The van der Waals surface area contributed by atoms with Crippen LogP contribution in [-0.2, 0) is 14.8 Å². The molecule has 1 fully saturated rings. The van der Waals surface area contributed by atoms with E-state index in [0.717, 1.165) is 19.4 Å². The maximum Gasteiger partial charge on any atom is 0.211 e. The summed E-state index contributed by atoms with van der Waals surface area (Å²) in [5.74, 6) is -0.0176. The molecule has 0 aromatic carbocycles. The van der Waals surface area contributed by atoms with Crippen molar-refractivity contribution in [3.05, 3.63) is 0 Å². The molecule has 0 bridgehead atoms. The summed E-state index contributed by atoms with van der Waals surface area (Å²) < 4.78 is 30.3. The van der Waals surface area contributed by atoms with Crippen LogP contribution in [0.3, 0.4) is 0 Å². The van der Waals surface area contributed by atoms with E-state index in [0.29, 0.717) is 6.54 Å². The van der Waals surface area contributed by atoms with Crippen molar-refractivity contribution in [2.45, 2.75) is 25.4 Å². The van der Waals surface area contributed by atoms with Gasteiger partial charge >= 0.3 is 0 Å². The van der Waals surface area contributed by atoms with E-state index in [1.165, 1.54) is 0 Å². The number of aliphatic hydroxyl groups excluding tert-OH is 1. The molecule has 84 valence electrons. The molecule has 0 amide bonds. The van der Waals surface area contributed by atoms with Gasteiger partial charge < -0.3 is 9.84 Å². The fourth-order valence-corrected chi connectivity index (χ4v) is 2.45. The zero-order valence-electron chi connectivity index (χ0n) is 8.11. The average molecular weight is 223 g/mol. The minimum absolute atomic E-state index is 0.0176. The maximum atomic E-state index is 11.3. The van der Waals surface area contributed by atoms with E-state index in [4.69, 9.17) is 9.84 Å². The van der Waals surface area contributed by atoms with Gasteiger partial charge in [0, 0.05) is 19.8 Å². The highest BCUT2D eigenvalue weighted by atomic mass is 32.2. The fourth-order valence-electron chi connectivity index (χ4n) is 1.35. The molecule has 0 radical (unpaired) electrons. The molecule has 2 N–H and O–H groups in total. The Morgan fingerprint density at radius 3 is 2.86 bits per heavy atom. The van der Waals surface area contributed by atoms with Gasteiger partial charge in [-0.2, -0.15) is 0 Å². The maximum absolute atomic E-state index is 11.3. The SMILES string of the molecule is O=S(=O)(CCCO)NCC1CCCO1. The fraction of sp³-hybridized carbons (Fsp3) is 1.00. The van der Waals surface area contributed by atoms with Gasteiger partial charge in [0.2, 0.25) is 10.0 Å². The standard InChI is InChI=1S/C8H17NO4S/c10-4-2-6-14(11,12)9-7-8-3-1-5-13-8/h8-10H,1-7H2. The van der Waals surface area contributed by atoms with Crippen LogP contribution in [0.4, 0.5) is 0 Å². The molecule has 5 nitrogen and oxygen atoms in total. The smallest absolute Gasteiger partial charge is 0.211 e. The third-order valence-corrected chi connectivity index (χ3v) is 3.56. The lowest BCUT2D eigenvalue weighted by atomic mass is 10.2. The lowest BCUT2D eigenvalue weighted by molar-refractivity contribution is 0.114. The third kappa shape index (κ3) is 4.36. The van der Waals surface area contributed by atoms with Gasteiger partial charge in [-0.3, -0.25) is 0 Å². The van der Waals surface area contributed by atoms with Gasteiger partial charge in [-0.25, -0.2) is 13.1 Å². The molecule has 0 aliphatic carbocycles. The number of sulfonamides is 1. The first-order valence-electron chi connectivity index (χ1n) is 4.84. The van der Waals surface area contributed by atoms with E-state index in [-0.39, 0.29) is 24.9 Å². The van der Waals surface area contributed by atoms with Crippen LogP contribution in [-0.4, -0.2) is 45.1 Å². The minimum atomic E-state index is -3.22. The van der Waals surface area contributed by atoms with Gasteiger partial charge in [-0.15, -0.1) is 0 Å². The van der Waals surface area contributed by atoms with Crippen LogP contribution in [0.15, 0.2) is 0 Å². The Balaban J connectivity index is 2.21. The van der Waals surface area contributed by atoms with Crippen LogP contribution >= 0.6 is 0 Å². The Morgan fingerprint density at radius 2 is 2.29 bits per heavy atom. The van der Waals surface area contributed by atoms with Crippen LogP contribution < -0.4 is 4.72 Å². The van der Waals surface area contributed by atoms with Gasteiger partial charge in [0.15, 0.2) is 0 Å². The highest BCUT2D eigenvalue weighted by Gasteiger charge is 2.18. The molecule has 0 aromatic rings. The zero-order chi connectivity index (χ0) is 10.4. The summed E-state index contributed by atoms with van der Waals surface area (Å²) in [5, 5.41) is 8.49. The highest BCUT2D eigenvalue weighted by molar-refractivity contribution is 7.89. The molecule has 1 aliphatic heterocycles. The first kappa shape index (κ1) is 11.9. The Kier molecular flexibility index (Phi) is 4.80. The highest BCUT2D eigenvalue weighted by Crippen LogP contribution is 2.10. The first-order chi connectivity index (χ1) is 6.64. The Morgan fingerprint density at radius 1 is 1.50 bits per heavy atom. The van der Waals surface area contributed by atoms with E-state index in [1.807, 2.05) is 0 Å². The monoisotopic (exact) mass is 223 g/mol. The van der Waals surface area contributed by atoms with Crippen molar-refractivity contribution in [2.75, 3.05) is 25.5 Å². The lowest BCUT2D eigenvalue weighted by Gasteiger charge is -2.10. The second-order valence-corrected chi connectivity index (χ2v) is 5.31. The molecule has 1 aliphatic rings. The summed E-state index contributed by atoms with van der Waals surface area (Å²) in [6.45, 7) is 0.984. The molecule has 1 rings (SSSR count). The summed E-state index contributed by atoms with van der Waals surface area (Å²) in [7, 11) is -3.22. The van der Waals surface area contributed by atoms with Crippen molar-refractivity contribution in [1.29, 1.82) is 0 Å². The second kappa shape index (κ2) is 5.65. The molecule has 1 saturated heterocycles. The van der Waals surface area contributed by atoms with E-state index in [2.05, 4.69) is 4.72 Å². The topological polar surface area (TPSA) is 75.6 Å². The van der Waals surface area contributed by atoms with Crippen LogP contribution in [0.1, 0.15) is 19.3 Å². The largest absolute Gasteiger partial charge is 0.396 e. The Bertz CT molecular complexity index is 246. The summed E-state index contributed by atoms with van der Waals surface area (Å²) in [6.07, 6.45) is 2.23. The molecule has 1 heterocycles. The molecule has 0 aromatic heterocycles. The van der Waals surface area contributed by atoms with Crippen molar-refractivity contribution in [3.8, 4) is 0 Å². The van der Waals surface area contributed by atoms with Crippen LogP contribution in [0.2, 0.25) is 0 Å². The average Bonchev–Trinajstić information content (AvgIpc) is 2.64. The second-order valence-electron chi connectivity index (χ2n) is 3.38. The van der Waals surface area contributed by atoms with E-state index < -0.39 is 10.0 Å². The number of hydrogen-bond acceptors (Lipinski definition) is 4. The third-order valence-electron chi connectivity index (χ3n) is 2.13. The molecule has 6 heteroatoms.